The van der Waals surface area contributed by atoms with E-state index in [9.17, 15) is 9.90 Å². The van der Waals surface area contributed by atoms with Crippen LogP contribution in [0.5, 0.6) is 5.75 Å². The number of aliphatic hydroxyl groups excluding tert-OH is 1. The summed E-state index contributed by atoms with van der Waals surface area (Å²) in [6, 6.07) is 7.41. The number of carbonyl (C=O) groups is 1. The molecule has 4 heterocycles. The van der Waals surface area contributed by atoms with Gasteiger partial charge in [0.05, 0.1) is 42.2 Å². The first-order chi connectivity index (χ1) is 14.5. The SMILES string of the molecule is COc1ccc(-c2nc([C@H]3C[C@@H](O)CN3C(C)=O)n3c2cnc2[nH]cc(C)c23)cc1. The Kier molecular flexibility index (Phi) is 4.25. The van der Waals surface area contributed by atoms with Crippen LogP contribution < -0.4 is 4.74 Å². The van der Waals surface area contributed by atoms with E-state index in [1.807, 2.05) is 37.4 Å². The fourth-order valence-electron chi connectivity index (χ4n) is 4.40. The van der Waals surface area contributed by atoms with Gasteiger partial charge < -0.3 is 19.7 Å². The van der Waals surface area contributed by atoms with Crippen molar-refractivity contribution in [3.8, 4) is 17.0 Å². The Morgan fingerprint density at radius 1 is 1.30 bits per heavy atom. The second-order valence-electron chi connectivity index (χ2n) is 7.77. The first kappa shape index (κ1) is 18.6. The molecule has 1 saturated heterocycles. The fraction of sp³-hybridized carbons (Fsp3) is 0.318. The molecule has 1 amide bonds. The van der Waals surface area contributed by atoms with Crippen molar-refractivity contribution in [2.45, 2.75) is 32.4 Å². The molecule has 8 nitrogen and oxygen atoms in total. The molecule has 0 spiro atoms. The van der Waals surface area contributed by atoms with Gasteiger partial charge in [-0.15, -0.1) is 0 Å². The summed E-state index contributed by atoms with van der Waals surface area (Å²) in [4.78, 5) is 26.8. The van der Waals surface area contributed by atoms with Gasteiger partial charge in [-0.3, -0.25) is 9.20 Å². The van der Waals surface area contributed by atoms with E-state index in [1.54, 1.807) is 18.2 Å². The summed E-state index contributed by atoms with van der Waals surface area (Å²) in [7, 11) is 1.64. The van der Waals surface area contributed by atoms with Crippen LogP contribution in [0.15, 0.2) is 36.7 Å². The molecule has 0 aliphatic carbocycles. The van der Waals surface area contributed by atoms with E-state index in [0.29, 0.717) is 13.0 Å². The average Bonchev–Trinajstić information content (AvgIpc) is 3.42. The molecule has 154 valence electrons. The van der Waals surface area contributed by atoms with Crippen molar-refractivity contribution in [3.05, 3.63) is 48.0 Å². The number of hydrogen-bond acceptors (Lipinski definition) is 5. The van der Waals surface area contributed by atoms with Gasteiger partial charge in [-0.2, -0.15) is 0 Å². The number of carbonyl (C=O) groups excluding carboxylic acids is 1. The second kappa shape index (κ2) is 6.84. The summed E-state index contributed by atoms with van der Waals surface area (Å²) >= 11 is 0. The lowest BCUT2D eigenvalue weighted by atomic mass is 10.1. The molecular formula is C22H23N5O3. The number of fused-ring (bicyclic) bond motifs is 3. The number of hydrogen-bond donors (Lipinski definition) is 2. The molecule has 3 aromatic heterocycles. The van der Waals surface area contributed by atoms with E-state index in [2.05, 4.69) is 14.4 Å². The van der Waals surface area contributed by atoms with Crippen molar-refractivity contribution in [1.29, 1.82) is 0 Å². The van der Waals surface area contributed by atoms with Crippen LogP contribution in [0.3, 0.4) is 0 Å². The molecule has 0 unspecified atom stereocenters. The third kappa shape index (κ3) is 2.75. The van der Waals surface area contributed by atoms with E-state index in [-0.39, 0.29) is 11.9 Å². The number of rotatable bonds is 3. The number of aromatic amines is 1. The van der Waals surface area contributed by atoms with Gasteiger partial charge in [0.15, 0.2) is 5.65 Å². The van der Waals surface area contributed by atoms with Gasteiger partial charge in [-0.05, 0) is 36.8 Å². The van der Waals surface area contributed by atoms with Crippen molar-refractivity contribution in [2.75, 3.05) is 13.7 Å². The molecule has 1 aromatic carbocycles. The molecular weight excluding hydrogens is 382 g/mol. The Morgan fingerprint density at radius 2 is 2.07 bits per heavy atom. The highest BCUT2D eigenvalue weighted by atomic mass is 16.5. The highest BCUT2D eigenvalue weighted by Crippen LogP contribution is 2.37. The number of β-amino-alcohol motifs (C(OH)–C–C–N with tert-alkyl or cyclic N) is 1. The number of ether oxygens (including phenoxy) is 1. The summed E-state index contributed by atoms with van der Waals surface area (Å²) < 4.78 is 7.36. The van der Waals surface area contributed by atoms with Crippen LogP contribution in [0.1, 0.15) is 30.8 Å². The maximum absolute atomic E-state index is 12.3. The maximum Gasteiger partial charge on any atom is 0.220 e. The van der Waals surface area contributed by atoms with Gasteiger partial charge in [0.25, 0.3) is 0 Å². The van der Waals surface area contributed by atoms with Crippen LogP contribution in [0.2, 0.25) is 0 Å². The molecule has 0 bridgehead atoms. The molecule has 1 aliphatic rings. The summed E-state index contributed by atoms with van der Waals surface area (Å²) in [5, 5.41) is 10.3. The normalized spacial score (nSPS) is 19.1. The van der Waals surface area contributed by atoms with E-state index in [0.717, 1.165) is 45.1 Å². The molecule has 1 aliphatic heterocycles. The van der Waals surface area contributed by atoms with Crippen LogP contribution in [0.25, 0.3) is 27.9 Å². The molecule has 2 atom stereocenters. The van der Waals surface area contributed by atoms with Crippen LogP contribution in [0, 0.1) is 6.92 Å². The summed E-state index contributed by atoms with van der Waals surface area (Å²) in [6.45, 7) is 3.86. The molecule has 0 radical (unpaired) electrons. The molecule has 8 heteroatoms. The number of likely N-dealkylation sites (tertiary alicyclic amines) is 1. The smallest absolute Gasteiger partial charge is 0.220 e. The predicted octanol–water partition coefficient (Wildman–Crippen LogP) is 2.85. The summed E-state index contributed by atoms with van der Waals surface area (Å²) in [5.41, 5.74) is 5.30. The third-order valence-electron chi connectivity index (χ3n) is 5.85. The minimum atomic E-state index is -0.569. The Hall–Kier alpha value is -3.39. The van der Waals surface area contributed by atoms with Crippen LogP contribution in [0.4, 0.5) is 0 Å². The van der Waals surface area contributed by atoms with Gasteiger partial charge >= 0.3 is 0 Å². The minimum Gasteiger partial charge on any atom is -0.497 e. The van der Waals surface area contributed by atoms with Gasteiger partial charge in [-0.25, -0.2) is 9.97 Å². The van der Waals surface area contributed by atoms with Crippen LogP contribution in [-0.2, 0) is 4.79 Å². The lowest BCUT2D eigenvalue weighted by Gasteiger charge is -2.22. The van der Waals surface area contributed by atoms with E-state index >= 15 is 0 Å². The number of amides is 1. The zero-order valence-electron chi connectivity index (χ0n) is 17.1. The van der Waals surface area contributed by atoms with Gasteiger partial charge in [-0.1, -0.05) is 0 Å². The number of imidazole rings is 1. The first-order valence-corrected chi connectivity index (χ1v) is 9.92. The van der Waals surface area contributed by atoms with Crippen molar-refractivity contribution in [2.24, 2.45) is 0 Å². The van der Waals surface area contributed by atoms with Gasteiger partial charge in [0.1, 0.15) is 11.6 Å². The predicted molar refractivity (Wildman–Crippen MR) is 112 cm³/mol. The van der Waals surface area contributed by atoms with Crippen LogP contribution >= 0.6 is 0 Å². The monoisotopic (exact) mass is 405 g/mol. The van der Waals surface area contributed by atoms with Gasteiger partial charge in [0.2, 0.25) is 5.91 Å². The topological polar surface area (TPSA) is 95.8 Å². The molecule has 0 saturated carbocycles. The maximum atomic E-state index is 12.3. The van der Waals surface area contributed by atoms with Crippen molar-refractivity contribution < 1.29 is 14.6 Å². The average molecular weight is 405 g/mol. The highest BCUT2D eigenvalue weighted by molar-refractivity contribution is 5.86. The molecule has 30 heavy (non-hydrogen) atoms. The number of aromatic nitrogens is 4. The minimum absolute atomic E-state index is 0.0737. The Morgan fingerprint density at radius 3 is 2.77 bits per heavy atom. The van der Waals surface area contributed by atoms with Gasteiger partial charge in [0, 0.05) is 31.6 Å². The lowest BCUT2D eigenvalue weighted by molar-refractivity contribution is -0.130. The third-order valence-corrected chi connectivity index (χ3v) is 5.85. The number of H-pyrrole nitrogens is 1. The molecule has 4 aromatic rings. The van der Waals surface area contributed by atoms with Crippen molar-refractivity contribution in [1.82, 2.24) is 24.3 Å². The quantitative estimate of drug-likeness (QED) is 0.546. The molecule has 2 N–H and O–H groups in total. The fourth-order valence-corrected chi connectivity index (χ4v) is 4.40. The largest absolute Gasteiger partial charge is 0.497 e. The highest BCUT2D eigenvalue weighted by Gasteiger charge is 2.37. The lowest BCUT2D eigenvalue weighted by Crippen LogP contribution is -2.30. The number of aliphatic hydroxyl groups is 1. The Bertz CT molecular complexity index is 1260. The zero-order chi connectivity index (χ0) is 21.0. The number of nitrogens with one attached hydrogen (secondary N) is 1. The summed E-state index contributed by atoms with van der Waals surface area (Å²) in [6.07, 6.45) is 3.60. The Labute approximate surface area is 173 Å². The zero-order valence-corrected chi connectivity index (χ0v) is 17.1. The standard InChI is InChI=1S/C22H23N5O3/c1-12-9-23-21-20(12)27-18(10-24-21)19(14-4-6-16(30-3)7-5-14)25-22(27)17-8-15(29)11-26(17)13(2)28/h4-7,9-10,15,17,23,29H,8,11H2,1-3H3/t15-,17-/m1/s1. The number of benzene rings is 1. The number of nitrogens with zero attached hydrogens (tertiary/aromatic N) is 4. The first-order valence-electron chi connectivity index (χ1n) is 9.92. The number of aryl methyl sites for hydroxylation is 1. The van der Waals surface area contributed by atoms with Crippen molar-refractivity contribution >= 4 is 22.6 Å². The van der Waals surface area contributed by atoms with E-state index < -0.39 is 6.10 Å². The molecule has 5 rings (SSSR count). The van der Waals surface area contributed by atoms with E-state index in [4.69, 9.17) is 9.72 Å². The van der Waals surface area contributed by atoms with Crippen LogP contribution in [-0.4, -0.2) is 55.0 Å². The van der Waals surface area contributed by atoms with Crippen molar-refractivity contribution in [3.63, 3.8) is 0 Å². The molecule has 1 fully saturated rings. The summed E-state index contributed by atoms with van der Waals surface area (Å²) in [5.74, 6) is 1.43. The Balaban J connectivity index is 1.80. The van der Waals surface area contributed by atoms with E-state index in [1.165, 1.54) is 6.92 Å². The second-order valence-corrected chi connectivity index (χ2v) is 7.77. The number of methoxy groups -OCH3 is 1.